The fourth-order valence-corrected chi connectivity index (χ4v) is 5.83. The summed E-state index contributed by atoms with van der Waals surface area (Å²) in [6.45, 7) is 33.5. The van der Waals surface area contributed by atoms with Crippen LogP contribution >= 0.6 is 0 Å². The van der Waals surface area contributed by atoms with Crippen molar-refractivity contribution in [3.05, 3.63) is 153 Å². The van der Waals surface area contributed by atoms with Crippen LogP contribution in [-0.4, -0.2) is 98.7 Å². The molecule has 7 N–H and O–H groups in total. The van der Waals surface area contributed by atoms with E-state index in [2.05, 4.69) is 40.8 Å². The van der Waals surface area contributed by atoms with Gasteiger partial charge in [0.15, 0.2) is 39.6 Å². The van der Waals surface area contributed by atoms with Gasteiger partial charge in [0.05, 0.1) is 68.0 Å². The molecular weight excluding hydrogens is 1160 g/mol. The molecule has 0 aliphatic carbocycles. The van der Waals surface area contributed by atoms with E-state index >= 15 is 0 Å². The van der Waals surface area contributed by atoms with Gasteiger partial charge in [0.1, 0.15) is 6.61 Å². The first kappa shape index (κ1) is 74.4. The zero-order chi connectivity index (χ0) is 62.5. The first-order valence-electron chi connectivity index (χ1n) is 21.7. The maximum Gasteiger partial charge on any atom is 0.407 e. The molecule has 1 heterocycles. The number of carbonyl (C=O) groups is 4. The number of aliphatic hydroxyl groups is 3. The van der Waals surface area contributed by atoms with Crippen LogP contribution in [0.4, 0.5) is 98.2 Å². The predicted molar refractivity (Wildman–Crippen MR) is 276 cm³/mol. The molecule has 1 fully saturated rings. The van der Waals surface area contributed by atoms with Crippen LogP contribution in [0.2, 0.25) is 0 Å². The molecule has 4 amide bonds. The van der Waals surface area contributed by atoms with Crippen LogP contribution in [0.3, 0.4) is 0 Å². The van der Waals surface area contributed by atoms with Crippen molar-refractivity contribution in [1.29, 1.82) is 0 Å². The summed E-state index contributed by atoms with van der Waals surface area (Å²) in [5.41, 5.74) is -12.6. The van der Waals surface area contributed by atoms with E-state index in [0.717, 1.165) is 62.4 Å². The lowest BCUT2D eigenvalue weighted by atomic mass is 10.1. The smallest absolute Gasteiger partial charge is 0.393 e. The van der Waals surface area contributed by atoms with Crippen molar-refractivity contribution in [2.75, 3.05) is 47.3 Å². The number of halogens is 12. The van der Waals surface area contributed by atoms with Crippen LogP contribution in [0.5, 0.6) is 0 Å². The number of anilines is 4. The number of aliphatic hydroxyl groups excluding tert-OH is 1. The minimum atomic E-state index is -4.80. The van der Waals surface area contributed by atoms with E-state index in [1.807, 2.05) is 10.6 Å². The Kier molecular flexibility index (Phi) is 25.9. The lowest BCUT2D eigenvalue weighted by Gasteiger charge is -2.22. The first-order valence-corrected chi connectivity index (χ1v) is 23.5. The Balaban J connectivity index is 0.00000108. The topological polar surface area (TPSA) is 250 Å². The molecule has 4 aromatic carbocycles. The van der Waals surface area contributed by atoms with Gasteiger partial charge in [-0.05, 0) is 76.2 Å². The number of nitrogens with one attached hydrogen (secondary N) is 4. The van der Waals surface area contributed by atoms with Crippen molar-refractivity contribution in [2.45, 2.75) is 76.6 Å². The summed E-state index contributed by atoms with van der Waals surface area (Å²) in [4.78, 5) is 57.4. The number of rotatable bonds is 12. The van der Waals surface area contributed by atoms with Crippen molar-refractivity contribution in [3.8, 4) is 0 Å². The minimum Gasteiger partial charge on any atom is -0.393 e. The fourth-order valence-electron chi connectivity index (χ4n) is 5.38. The molecule has 83 heavy (non-hydrogen) atoms. The third-order valence-corrected chi connectivity index (χ3v) is 10.6. The maximum absolute atomic E-state index is 12.8. The fraction of sp³-hybridized carbons (Fsp3) is 0.320. The molecule has 445 valence electrons. The summed E-state index contributed by atoms with van der Waals surface area (Å²) in [6.07, 6.45) is -18.1. The van der Waals surface area contributed by atoms with Crippen LogP contribution in [0.1, 0.15) is 57.4 Å². The van der Waals surface area contributed by atoms with Gasteiger partial charge in [0.2, 0.25) is 0 Å². The molecule has 19 nitrogen and oxygen atoms in total. The van der Waals surface area contributed by atoms with Gasteiger partial charge in [-0.2, -0.15) is 61.1 Å². The van der Waals surface area contributed by atoms with E-state index < -0.39 is 133 Å². The van der Waals surface area contributed by atoms with E-state index in [1.165, 1.54) is 19.1 Å². The van der Waals surface area contributed by atoms with Gasteiger partial charge in [-0.15, -0.1) is 0 Å². The zero-order valence-corrected chi connectivity index (χ0v) is 43.5. The van der Waals surface area contributed by atoms with Gasteiger partial charge >= 0.3 is 24.7 Å². The molecule has 1 aliphatic rings. The van der Waals surface area contributed by atoms with E-state index in [1.54, 1.807) is 6.92 Å². The highest BCUT2D eigenvalue weighted by Gasteiger charge is 2.47. The number of benzene rings is 4. The molecule has 4 aromatic rings. The second-order valence-electron chi connectivity index (χ2n) is 17.2. The number of epoxide rings is 1. The molecule has 3 atom stereocenters. The summed E-state index contributed by atoms with van der Waals surface area (Å²) >= 11 is 0. The van der Waals surface area contributed by atoms with Crippen LogP contribution < -0.4 is 21.3 Å². The van der Waals surface area contributed by atoms with Gasteiger partial charge in [-0.3, -0.25) is 23.4 Å². The number of carbonyl (C=O) groups excluding carboxylic acids is 4. The maximum atomic E-state index is 12.8. The largest absolute Gasteiger partial charge is 0.407 e. The molecule has 3 unspecified atom stereocenters. The molecule has 1 aliphatic heterocycles. The van der Waals surface area contributed by atoms with Crippen LogP contribution in [-0.2, 0) is 62.9 Å². The average molecular weight is 1210 g/mol. The average Bonchev–Trinajstić information content (AvgIpc) is 4.13. The Morgan fingerprint density at radius 1 is 0.614 bits per heavy atom. The molecule has 33 heteroatoms. The summed E-state index contributed by atoms with van der Waals surface area (Å²) in [6, 6.07) is 11.1. The van der Waals surface area contributed by atoms with E-state index in [9.17, 15) is 90.5 Å². The predicted octanol–water partition coefficient (Wildman–Crippen LogP) is 10.9. The standard InChI is InChI=1S/C13H13F3N2O5S.C12H11F3N2O3.C12H9F3N2O2.C12H9F3N2O.CH4.B/c1-12(20,7-23-24(3,21)22)11(19)18-8-4-5-10(17-2)9(6-8)13(14,15)16;1-11(20,6-18)10(19)17-7-3-4-9(16-2)8(5-7)12(13,14)15;1-11(6-19-11)10(18)17-7-3-4-9(16-2)8(5-7)12(13,14)15;1-7(2)11(18)17-8-4-5-10(16-3)9(6-8)12(13,14)15;;/h4-6,20H,7H2,1,3H3,(H,18,19);3-5,18,20H,6H2,1H3,(H,17,19);3-5H,6H2,1H3,(H,17,18);4-6H,1H2,2H3,(H,17,18);1H4;. The van der Waals surface area contributed by atoms with Gasteiger partial charge in [0.25, 0.3) is 33.7 Å². The summed E-state index contributed by atoms with van der Waals surface area (Å²) in [5.74, 6) is -3.30. The third-order valence-electron chi connectivity index (χ3n) is 10.0. The first-order chi connectivity index (χ1) is 36.9. The molecule has 5 rings (SSSR count). The Morgan fingerprint density at radius 3 is 1.13 bits per heavy atom. The number of nitrogens with zero attached hydrogens (tertiary/aromatic N) is 4. The molecule has 0 aromatic heterocycles. The second kappa shape index (κ2) is 28.9. The number of hydrogen-bond donors (Lipinski definition) is 7. The van der Waals surface area contributed by atoms with Crippen molar-refractivity contribution < 1.29 is 105 Å². The Bertz CT molecular complexity index is 3340. The van der Waals surface area contributed by atoms with E-state index in [4.69, 9.17) is 36.1 Å². The van der Waals surface area contributed by atoms with Crippen molar-refractivity contribution in [2.24, 2.45) is 0 Å². The third kappa shape index (κ3) is 22.7. The Hall–Kier alpha value is -8.57. The lowest BCUT2D eigenvalue weighted by Crippen LogP contribution is -2.44. The molecule has 0 spiro atoms. The van der Waals surface area contributed by atoms with E-state index in [-0.39, 0.29) is 50.8 Å². The highest BCUT2D eigenvalue weighted by atomic mass is 32.2. The van der Waals surface area contributed by atoms with Gasteiger partial charge in [-0.1, -0.05) is 38.3 Å². The summed E-state index contributed by atoms with van der Waals surface area (Å²) < 4.78 is 184. The second-order valence-corrected chi connectivity index (χ2v) is 18.8. The van der Waals surface area contributed by atoms with Crippen molar-refractivity contribution >= 4 is 87.7 Å². The number of hydrogen-bond acceptors (Lipinski definition) is 11. The summed E-state index contributed by atoms with van der Waals surface area (Å²) in [7, 11) is -3.92. The monoisotopic (exact) mass is 1210 g/mol. The SMILES string of the molecule is C.[B].[C-]#[N+]c1ccc(NC(=O)C(=C)C)cc1C(F)(F)F.[C-]#[N+]c1ccc(NC(=O)C(C)(O)CO)cc1C(F)(F)F.[C-]#[N+]c1ccc(NC(=O)C(C)(O)COS(C)(=O)=O)cc1C(F)(F)F.[C-]#[N+]c1ccc(NC(=O)C2(C)CO2)cc1C(F)(F)F. The quantitative estimate of drug-likeness (QED) is 0.0175. The van der Waals surface area contributed by atoms with Crippen molar-refractivity contribution in [1.82, 2.24) is 0 Å². The molecule has 0 saturated carbocycles. The Morgan fingerprint density at radius 2 is 0.892 bits per heavy atom. The number of alkyl halides is 12. The lowest BCUT2D eigenvalue weighted by molar-refractivity contribution is -0.137. The summed E-state index contributed by atoms with van der Waals surface area (Å²) in [5, 5.41) is 36.8. The highest BCUT2D eigenvalue weighted by molar-refractivity contribution is 7.86. The zero-order valence-electron chi connectivity index (χ0n) is 42.7. The van der Waals surface area contributed by atoms with Gasteiger partial charge in [-0.25, -0.2) is 19.4 Å². The molecular formula is C50H46BF12N8O11S. The van der Waals surface area contributed by atoms with Gasteiger partial charge < -0.3 is 41.3 Å². The number of ether oxygens (including phenoxy) is 1. The van der Waals surface area contributed by atoms with E-state index in [0.29, 0.717) is 18.4 Å². The van der Waals surface area contributed by atoms with Crippen molar-refractivity contribution in [3.63, 3.8) is 0 Å². The van der Waals surface area contributed by atoms with Gasteiger partial charge in [0, 0.05) is 36.7 Å². The van der Waals surface area contributed by atoms with Crippen LogP contribution in [0, 0.1) is 26.3 Å². The highest BCUT2D eigenvalue weighted by Crippen LogP contribution is 2.42. The Labute approximate surface area is 467 Å². The molecule has 0 bridgehead atoms. The minimum absolute atomic E-state index is 0. The number of amides is 4. The molecule has 1 saturated heterocycles. The molecule has 3 radical (unpaired) electrons. The normalized spacial score (nSPS) is 14.9. The van der Waals surface area contributed by atoms with Crippen LogP contribution in [0.15, 0.2) is 84.9 Å². The van der Waals surface area contributed by atoms with Crippen LogP contribution in [0.25, 0.3) is 19.4 Å².